The van der Waals surface area contributed by atoms with Gasteiger partial charge in [-0.15, -0.1) is 0 Å². The van der Waals surface area contributed by atoms with Crippen LogP contribution in [0.25, 0.3) is 0 Å². The normalized spacial score (nSPS) is 17.2. The van der Waals surface area contributed by atoms with E-state index in [0.717, 1.165) is 6.42 Å². The summed E-state index contributed by atoms with van der Waals surface area (Å²) in [7, 11) is -0.0782. The third-order valence-electron chi connectivity index (χ3n) is 2.33. The molecule has 1 atom stereocenters. The SMILES string of the molecule is CP(C1=CC=CC1)c1ccccc1. The molecule has 66 valence electrons. The zero-order valence-electron chi connectivity index (χ0n) is 7.77. The summed E-state index contributed by atoms with van der Waals surface area (Å²) in [6.45, 7) is 2.34. The summed E-state index contributed by atoms with van der Waals surface area (Å²) in [5, 5.41) is 3.06. The van der Waals surface area contributed by atoms with Crippen LogP contribution in [-0.2, 0) is 0 Å². The van der Waals surface area contributed by atoms with Crippen LogP contribution < -0.4 is 5.30 Å². The Kier molecular flexibility index (Phi) is 2.61. The van der Waals surface area contributed by atoms with E-state index in [2.05, 4.69) is 55.2 Å². The molecule has 0 aliphatic heterocycles. The Hall–Kier alpha value is -0.870. The molecule has 0 fully saturated rings. The molecule has 0 aromatic heterocycles. The molecule has 1 aliphatic carbocycles. The summed E-state index contributed by atoms with van der Waals surface area (Å²) in [5.74, 6) is 0. The van der Waals surface area contributed by atoms with Crippen LogP contribution in [0.3, 0.4) is 0 Å². The van der Waals surface area contributed by atoms with Gasteiger partial charge in [-0.3, -0.25) is 0 Å². The third kappa shape index (κ3) is 1.89. The standard InChI is InChI=1S/C12H13P/c1-13(12-9-5-6-10-12)11-7-3-2-4-8-11/h2-9H,10H2,1H3. The smallest absolute Gasteiger partial charge is 0.00867 e. The van der Waals surface area contributed by atoms with Crippen molar-refractivity contribution in [2.24, 2.45) is 0 Å². The van der Waals surface area contributed by atoms with E-state index in [1.807, 2.05) is 0 Å². The fourth-order valence-corrected chi connectivity index (χ4v) is 3.14. The lowest BCUT2D eigenvalue weighted by Crippen LogP contribution is -1.99. The first-order valence-corrected chi connectivity index (χ1v) is 6.31. The average Bonchev–Trinajstić information content (AvgIpc) is 2.71. The fourth-order valence-electron chi connectivity index (χ4n) is 1.50. The molecule has 1 aromatic rings. The largest absolute Gasteiger partial charge is 0.0801 e. The molecule has 1 aromatic carbocycles. The molecule has 1 unspecified atom stereocenters. The van der Waals surface area contributed by atoms with Crippen LogP contribution in [0, 0.1) is 0 Å². The first kappa shape index (κ1) is 8.72. The molecule has 1 heteroatoms. The minimum Gasteiger partial charge on any atom is -0.0801 e. The maximum atomic E-state index is 2.34. The Bertz CT molecular complexity index is 335. The van der Waals surface area contributed by atoms with Crippen molar-refractivity contribution in [1.82, 2.24) is 0 Å². The molecule has 0 nitrogen and oxygen atoms in total. The monoisotopic (exact) mass is 188 g/mol. The first-order valence-electron chi connectivity index (χ1n) is 4.52. The lowest BCUT2D eigenvalue weighted by molar-refractivity contribution is 1.40. The first-order chi connectivity index (χ1) is 6.38. The van der Waals surface area contributed by atoms with E-state index in [1.54, 1.807) is 5.31 Å². The second-order valence-electron chi connectivity index (χ2n) is 3.18. The number of hydrogen-bond acceptors (Lipinski definition) is 0. The number of hydrogen-bond donors (Lipinski definition) is 0. The van der Waals surface area contributed by atoms with Gasteiger partial charge in [0.25, 0.3) is 0 Å². The van der Waals surface area contributed by atoms with Crippen molar-refractivity contribution in [3.05, 3.63) is 53.9 Å². The summed E-state index contributed by atoms with van der Waals surface area (Å²) in [5.41, 5.74) is 0. The van der Waals surface area contributed by atoms with Gasteiger partial charge in [0.15, 0.2) is 0 Å². The zero-order valence-corrected chi connectivity index (χ0v) is 8.67. The minimum atomic E-state index is -0.0782. The van der Waals surface area contributed by atoms with Crippen molar-refractivity contribution in [1.29, 1.82) is 0 Å². The molecule has 2 rings (SSSR count). The van der Waals surface area contributed by atoms with E-state index in [1.165, 1.54) is 5.30 Å². The summed E-state index contributed by atoms with van der Waals surface area (Å²) in [6, 6.07) is 10.8. The van der Waals surface area contributed by atoms with Crippen molar-refractivity contribution in [2.45, 2.75) is 6.42 Å². The summed E-state index contributed by atoms with van der Waals surface area (Å²) in [6.07, 6.45) is 7.81. The quantitative estimate of drug-likeness (QED) is 0.625. The number of benzene rings is 1. The Morgan fingerprint density at radius 1 is 1.15 bits per heavy atom. The second-order valence-corrected chi connectivity index (χ2v) is 5.39. The van der Waals surface area contributed by atoms with Crippen molar-refractivity contribution in [3.8, 4) is 0 Å². The lowest BCUT2D eigenvalue weighted by atomic mass is 10.4. The molecule has 0 bridgehead atoms. The van der Waals surface area contributed by atoms with E-state index >= 15 is 0 Å². The Balaban J connectivity index is 2.18. The van der Waals surface area contributed by atoms with Gasteiger partial charge in [0.05, 0.1) is 0 Å². The minimum absolute atomic E-state index is 0.0782. The highest BCUT2D eigenvalue weighted by atomic mass is 31.1. The molecule has 1 aliphatic rings. The van der Waals surface area contributed by atoms with Crippen LogP contribution in [-0.4, -0.2) is 6.66 Å². The van der Waals surface area contributed by atoms with Crippen LogP contribution >= 0.6 is 7.92 Å². The average molecular weight is 188 g/mol. The maximum absolute atomic E-state index is 2.34. The summed E-state index contributed by atoms with van der Waals surface area (Å²) < 4.78 is 0. The van der Waals surface area contributed by atoms with E-state index in [9.17, 15) is 0 Å². The zero-order chi connectivity index (χ0) is 9.10. The number of rotatable bonds is 2. The van der Waals surface area contributed by atoms with E-state index in [-0.39, 0.29) is 7.92 Å². The van der Waals surface area contributed by atoms with Crippen molar-refractivity contribution in [2.75, 3.05) is 6.66 Å². The highest BCUT2D eigenvalue weighted by Gasteiger charge is 2.10. The molecular weight excluding hydrogens is 175 g/mol. The molecule has 0 saturated carbocycles. The van der Waals surface area contributed by atoms with Crippen LogP contribution in [0.2, 0.25) is 0 Å². The molecule has 13 heavy (non-hydrogen) atoms. The Morgan fingerprint density at radius 3 is 2.54 bits per heavy atom. The lowest BCUT2D eigenvalue weighted by Gasteiger charge is -2.13. The van der Waals surface area contributed by atoms with Gasteiger partial charge in [-0.1, -0.05) is 56.5 Å². The van der Waals surface area contributed by atoms with E-state index in [0.29, 0.717) is 0 Å². The van der Waals surface area contributed by atoms with Gasteiger partial charge < -0.3 is 0 Å². The molecule has 0 saturated heterocycles. The van der Waals surface area contributed by atoms with Crippen LogP contribution in [0.5, 0.6) is 0 Å². The Morgan fingerprint density at radius 2 is 1.92 bits per heavy atom. The highest BCUT2D eigenvalue weighted by Crippen LogP contribution is 2.43. The molecular formula is C12H13P. The van der Waals surface area contributed by atoms with E-state index < -0.39 is 0 Å². The predicted octanol–water partition coefficient (Wildman–Crippen LogP) is 3.27. The van der Waals surface area contributed by atoms with Gasteiger partial charge in [-0.25, -0.2) is 0 Å². The summed E-state index contributed by atoms with van der Waals surface area (Å²) in [4.78, 5) is 0. The fraction of sp³-hybridized carbons (Fsp3) is 0.167. The van der Waals surface area contributed by atoms with Crippen molar-refractivity contribution >= 4 is 13.2 Å². The van der Waals surface area contributed by atoms with Gasteiger partial charge >= 0.3 is 0 Å². The molecule has 0 spiro atoms. The van der Waals surface area contributed by atoms with Gasteiger partial charge in [0, 0.05) is 0 Å². The number of allylic oxidation sites excluding steroid dienone is 4. The van der Waals surface area contributed by atoms with Crippen molar-refractivity contribution < 1.29 is 0 Å². The van der Waals surface area contributed by atoms with Gasteiger partial charge in [-0.2, -0.15) is 0 Å². The highest BCUT2D eigenvalue weighted by molar-refractivity contribution is 7.69. The summed E-state index contributed by atoms with van der Waals surface area (Å²) >= 11 is 0. The second kappa shape index (κ2) is 3.89. The van der Waals surface area contributed by atoms with Gasteiger partial charge in [0.1, 0.15) is 0 Å². The van der Waals surface area contributed by atoms with Crippen LogP contribution in [0.15, 0.2) is 53.9 Å². The molecule has 0 N–H and O–H groups in total. The van der Waals surface area contributed by atoms with Crippen LogP contribution in [0.1, 0.15) is 6.42 Å². The van der Waals surface area contributed by atoms with Gasteiger partial charge in [0.2, 0.25) is 0 Å². The molecule has 0 heterocycles. The predicted molar refractivity (Wildman–Crippen MR) is 60.8 cm³/mol. The molecule has 0 amide bonds. The third-order valence-corrected chi connectivity index (χ3v) is 4.59. The van der Waals surface area contributed by atoms with Gasteiger partial charge in [-0.05, 0) is 23.7 Å². The molecule has 0 radical (unpaired) electrons. The topological polar surface area (TPSA) is 0 Å². The van der Waals surface area contributed by atoms with Crippen molar-refractivity contribution in [3.63, 3.8) is 0 Å². The maximum Gasteiger partial charge on any atom is -0.00867 e. The Labute approximate surface area is 80.7 Å². The van der Waals surface area contributed by atoms with Crippen LogP contribution in [0.4, 0.5) is 0 Å². The van der Waals surface area contributed by atoms with E-state index in [4.69, 9.17) is 0 Å².